The fourth-order valence-electron chi connectivity index (χ4n) is 1.56. The Balaban J connectivity index is 2.53. The molecule has 0 atom stereocenters. The van der Waals surface area contributed by atoms with E-state index in [1.54, 1.807) is 23.1 Å². The Hall–Kier alpha value is -1.64. The van der Waals surface area contributed by atoms with Crippen molar-refractivity contribution in [2.24, 2.45) is 0 Å². The van der Waals surface area contributed by atoms with E-state index in [9.17, 15) is 4.39 Å². The normalized spacial score (nSPS) is 11.8. The lowest BCUT2D eigenvalue weighted by atomic mass is 9.87. The van der Waals surface area contributed by atoms with Gasteiger partial charge in [-0.05, 0) is 35.2 Å². The molecule has 3 heteroatoms. The van der Waals surface area contributed by atoms with Gasteiger partial charge in [0.1, 0.15) is 5.82 Å². The van der Waals surface area contributed by atoms with E-state index in [1.807, 2.05) is 12.1 Å². The molecule has 0 N–H and O–H groups in total. The van der Waals surface area contributed by atoms with Crippen LogP contribution in [0.15, 0.2) is 36.7 Å². The van der Waals surface area contributed by atoms with E-state index in [0.29, 0.717) is 0 Å². The van der Waals surface area contributed by atoms with Gasteiger partial charge in [0, 0.05) is 12.4 Å². The molecule has 0 aliphatic rings. The second kappa shape index (κ2) is 3.74. The van der Waals surface area contributed by atoms with E-state index in [1.165, 1.54) is 6.07 Å². The minimum Gasteiger partial charge on any atom is -0.241 e. The zero-order valence-electron chi connectivity index (χ0n) is 9.74. The molecule has 0 saturated heterocycles. The monoisotopic (exact) mass is 218 g/mol. The summed E-state index contributed by atoms with van der Waals surface area (Å²) in [6.45, 7) is 6.19. The van der Waals surface area contributed by atoms with Crippen molar-refractivity contribution in [2.45, 2.75) is 26.2 Å². The Morgan fingerprint density at radius 3 is 2.50 bits per heavy atom. The summed E-state index contributed by atoms with van der Waals surface area (Å²) in [5.74, 6) is -0.224. The van der Waals surface area contributed by atoms with Gasteiger partial charge in [0.2, 0.25) is 0 Å². The van der Waals surface area contributed by atoms with Crippen LogP contribution in [-0.4, -0.2) is 9.78 Å². The van der Waals surface area contributed by atoms with E-state index in [2.05, 4.69) is 25.9 Å². The zero-order valence-corrected chi connectivity index (χ0v) is 9.74. The third-order valence-corrected chi connectivity index (χ3v) is 2.52. The van der Waals surface area contributed by atoms with Gasteiger partial charge in [-0.1, -0.05) is 20.8 Å². The number of nitrogens with zero attached hydrogens (tertiary/aromatic N) is 2. The average molecular weight is 218 g/mol. The lowest BCUT2D eigenvalue weighted by Crippen LogP contribution is -2.12. The molecule has 2 rings (SSSR count). The first kappa shape index (κ1) is 10.9. The van der Waals surface area contributed by atoms with Crippen molar-refractivity contribution in [3.8, 4) is 5.69 Å². The first-order valence-corrected chi connectivity index (χ1v) is 5.28. The van der Waals surface area contributed by atoms with Crippen molar-refractivity contribution >= 4 is 0 Å². The van der Waals surface area contributed by atoms with Crippen molar-refractivity contribution in [2.75, 3.05) is 0 Å². The van der Waals surface area contributed by atoms with Crippen LogP contribution in [0.4, 0.5) is 4.39 Å². The van der Waals surface area contributed by atoms with Gasteiger partial charge in [-0.3, -0.25) is 0 Å². The first-order valence-electron chi connectivity index (χ1n) is 5.28. The van der Waals surface area contributed by atoms with Crippen LogP contribution in [0.1, 0.15) is 26.3 Å². The van der Waals surface area contributed by atoms with E-state index in [0.717, 1.165) is 11.3 Å². The Labute approximate surface area is 94.7 Å². The highest BCUT2D eigenvalue weighted by Crippen LogP contribution is 2.25. The lowest BCUT2D eigenvalue weighted by molar-refractivity contribution is 0.570. The third-order valence-electron chi connectivity index (χ3n) is 2.52. The molecule has 0 saturated carbocycles. The Morgan fingerprint density at radius 2 is 1.94 bits per heavy atom. The van der Waals surface area contributed by atoms with Gasteiger partial charge < -0.3 is 0 Å². The van der Waals surface area contributed by atoms with Crippen LogP contribution in [0.3, 0.4) is 0 Å². The Morgan fingerprint density at radius 1 is 1.19 bits per heavy atom. The van der Waals surface area contributed by atoms with Crippen LogP contribution in [0.25, 0.3) is 5.69 Å². The summed E-state index contributed by atoms with van der Waals surface area (Å²) in [4.78, 5) is 0. The second-order valence-electron chi connectivity index (χ2n) is 4.90. The van der Waals surface area contributed by atoms with E-state index in [4.69, 9.17) is 0 Å². The van der Waals surface area contributed by atoms with Gasteiger partial charge >= 0.3 is 0 Å². The number of hydrogen-bond acceptors (Lipinski definition) is 1. The smallest absolute Gasteiger partial charge is 0.125 e. The molecule has 1 aromatic carbocycles. The molecule has 0 fully saturated rings. The summed E-state index contributed by atoms with van der Waals surface area (Å²) in [6, 6.07) is 6.85. The molecule has 0 amide bonds. The summed E-state index contributed by atoms with van der Waals surface area (Å²) < 4.78 is 15.2. The first-order chi connectivity index (χ1) is 7.47. The van der Waals surface area contributed by atoms with Crippen LogP contribution < -0.4 is 0 Å². The fourth-order valence-corrected chi connectivity index (χ4v) is 1.56. The number of benzene rings is 1. The number of halogens is 1. The molecule has 0 unspecified atom stereocenters. The maximum Gasteiger partial charge on any atom is 0.125 e. The van der Waals surface area contributed by atoms with Gasteiger partial charge in [-0.25, -0.2) is 9.07 Å². The van der Waals surface area contributed by atoms with Gasteiger partial charge in [-0.15, -0.1) is 0 Å². The quantitative estimate of drug-likeness (QED) is 0.718. The molecule has 1 heterocycles. The molecule has 0 aliphatic heterocycles. The summed E-state index contributed by atoms with van der Waals surface area (Å²) in [5.41, 5.74) is 1.66. The highest BCUT2D eigenvalue weighted by Gasteiger charge is 2.15. The molecule has 0 aliphatic carbocycles. The highest BCUT2D eigenvalue weighted by molar-refractivity contribution is 5.38. The topological polar surface area (TPSA) is 17.8 Å². The van der Waals surface area contributed by atoms with Crippen LogP contribution in [-0.2, 0) is 5.41 Å². The van der Waals surface area contributed by atoms with Crippen LogP contribution in [0, 0.1) is 5.82 Å². The number of hydrogen-bond donors (Lipinski definition) is 0. The molecule has 1 aromatic heterocycles. The summed E-state index contributed by atoms with van der Waals surface area (Å²) in [5, 5.41) is 4.10. The zero-order chi connectivity index (χ0) is 11.8. The predicted octanol–water partition coefficient (Wildman–Crippen LogP) is 3.31. The van der Waals surface area contributed by atoms with Crippen LogP contribution >= 0.6 is 0 Å². The molecule has 16 heavy (non-hydrogen) atoms. The molecule has 0 spiro atoms. The van der Waals surface area contributed by atoms with Crippen LogP contribution in [0.5, 0.6) is 0 Å². The fraction of sp³-hybridized carbons (Fsp3) is 0.308. The van der Waals surface area contributed by atoms with Crippen molar-refractivity contribution in [1.29, 1.82) is 0 Å². The van der Waals surface area contributed by atoms with Crippen molar-refractivity contribution < 1.29 is 4.39 Å². The van der Waals surface area contributed by atoms with E-state index < -0.39 is 0 Å². The highest BCUT2D eigenvalue weighted by atomic mass is 19.1. The molecular weight excluding hydrogens is 203 g/mol. The molecule has 2 nitrogen and oxygen atoms in total. The van der Waals surface area contributed by atoms with Gasteiger partial charge in [-0.2, -0.15) is 5.10 Å². The maximum atomic E-state index is 13.5. The maximum absolute atomic E-state index is 13.5. The van der Waals surface area contributed by atoms with Crippen molar-refractivity contribution in [3.63, 3.8) is 0 Å². The molecule has 0 radical (unpaired) electrons. The standard InChI is InChI=1S/C13H15FN2/c1-13(2,3)10-7-11(14)9-12(8-10)16-6-4-5-15-16/h4-9H,1-3H3. The third kappa shape index (κ3) is 2.13. The summed E-state index contributed by atoms with van der Waals surface area (Å²) in [7, 11) is 0. The van der Waals surface area contributed by atoms with Crippen LogP contribution in [0.2, 0.25) is 0 Å². The van der Waals surface area contributed by atoms with E-state index in [-0.39, 0.29) is 11.2 Å². The molecule has 2 aromatic rings. The largest absolute Gasteiger partial charge is 0.241 e. The van der Waals surface area contributed by atoms with Crippen molar-refractivity contribution in [3.05, 3.63) is 48.0 Å². The Bertz CT molecular complexity index is 481. The van der Waals surface area contributed by atoms with Crippen molar-refractivity contribution in [1.82, 2.24) is 9.78 Å². The lowest BCUT2D eigenvalue weighted by Gasteiger charge is -2.20. The minimum absolute atomic E-state index is 0.0655. The molecular formula is C13H15FN2. The Kier molecular flexibility index (Phi) is 2.54. The number of rotatable bonds is 1. The predicted molar refractivity (Wildman–Crippen MR) is 62.2 cm³/mol. The SMILES string of the molecule is CC(C)(C)c1cc(F)cc(-n2cccn2)c1. The van der Waals surface area contributed by atoms with Gasteiger partial charge in [0.25, 0.3) is 0 Å². The minimum atomic E-state index is -0.224. The van der Waals surface area contributed by atoms with E-state index >= 15 is 0 Å². The second-order valence-corrected chi connectivity index (χ2v) is 4.90. The van der Waals surface area contributed by atoms with Gasteiger partial charge in [0.15, 0.2) is 0 Å². The molecule has 84 valence electrons. The average Bonchev–Trinajstić information content (AvgIpc) is 2.68. The summed E-state index contributed by atoms with van der Waals surface area (Å²) in [6.07, 6.45) is 3.49. The molecule has 0 bridgehead atoms. The number of aromatic nitrogens is 2. The summed E-state index contributed by atoms with van der Waals surface area (Å²) >= 11 is 0. The van der Waals surface area contributed by atoms with Gasteiger partial charge in [0.05, 0.1) is 5.69 Å².